The van der Waals surface area contributed by atoms with E-state index in [2.05, 4.69) is 10.6 Å². The van der Waals surface area contributed by atoms with Crippen LogP contribution in [-0.4, -0.2) is 59.0 Å². The van der Waals surface area contributed by atoms with E-state index < -0.39 is 23.0 Å². The molecule has 0 radical (unpaired) electrons. The van der Waals surface area contributed by atoms with E-state index in [1.807, 2.05) is 71.0 Å². The maximum atomic E-state index is 13.9. The summed E-state index contributed by atoms with van der Waals surface area (Å²) in [6.07, 6.45) is 7.46. The molecule has 3 aromatic rings. The summed E-state index contributed by atoms with van der Waals surface area (Å²) in [5.74, 6) is -0.0373. The lowest BCUT2D eigenvalue weighted by Crippen LogP contribution is -2.54. The molecule has 4 N–H and O–H groups in total. The number of methoxy groups -OCH3 is 1. The zero-order valence-electron chi connectivity index (χ0n) is 25.1. The maximum Gasteiger partial charge on any atom is 0.253 e. The fourth-order valence-corrected chi connectivity index (χ4v) is 5.27. The molecule has 9 nitrogen and oxygen atoms in total. The Morgan fingerprint density at radius 3 is 2.26 bits per heavy atom. The van der Waals surface area contributed by atoms with Crippen molar-refractivity contribution >= 4 is 23.4 Å². The molecular formula is C33H43N5O4. The maximum absolute atomic E-state index is 13.9. The van der Waals surface area contributed by atoms with Gasteiger partial charge in [-0.2, -0.15) is 0 Å². The first-order valence-corrected chi connectivity index (χ1v) is 14.6. The number of anilines is 1. The predicted octanol–water partition coefficient (Wildman–Crippen LogP) is 4.07. The van der Waals surface area contributed by atoms with Crippen LogP contribution in [0.25, 0.3) is 0 Å². The van der Waals surface area contributed by atoms with Crippen molar-refractivity contribution in [2.75, 3.05) is 25.5 Å². The normalized spacial score (nSPS) is 15.5. The topological polar surface area (TPSA) is 119 Å². The zero-order valence-corrected chi connectivity index (χ0v) is 25.1. The molecule has 1 aliphatic heterocycles. The Morgan fingerprint density at radius 1 is 0.976 bits per heavy atom. The number of benzene rings is 2. The lowest BCUT2D eigenvalue weighted by molar-refractivity contribution is -0.137. The van der Waals surface area contributed by atoms with Crippen LogP contribution in [0.5, 0.6) is 5.75 Å². The molecule has 9 heteroatoms. The minimum atomic E-state index is -1.13. The Morgan fingerprint density at radius 2 is 1.64 bits per heavy atom. The van der Waals surface area contributed by atoms with Crippen molar-refractivity contribution in [2.24, 2.45) is 5.73 Å². The van der Waals surface area contributed by atoms with Crippen LogP contribution in [0, 0.1) is 0 Å². The van der Waals surface area contributed by atoms with Gasteiger partial charge in [0.25, 0.3) is 5.91 Å². The van der Waals surface area contributed by atoms with E-state index in [0.717, 1.165) is 37.9 Å². The standard InChI is InChI=1S/C33H43N5O4/c1-32(2,34)30(40)36-28(14-10-13-24-11-6-5-7-12-24)29(39)35-26-19-22-38(23-26)33(3,31(41)37-20-8-9-21-37)25-15-17-27(42-4)18-16-25/h5-7,11-12,15-19,22-23,28H,8-10,13-14,20-21,34H2,1-4H3,(H,35,39)(H,36,40)/t28-,33?/m1/s1. The van der Waals surface area contributed by atoms with Crippen LogP contribution in [0.1, 0.15) is 57.6 Å². The van der Waals surface area contributed by atoms with E-state index in [0.29, 0.717) is 24.3 Å². The number of nitrogens with two attached hydrogens (primary N) is 1. The van der Waals surface area contributed by atoms with Crippen LogP contribution in [0.2, 0.25) is 0 Å². The van der Waals surface area contributed by atoms with E-state index in [1.165, 1.54) is 5.56 Å². The number of amides is 3. The van der Waals surface area contributed by atoms with E-state index in [1.54, 1.807) is 39.4 Å². The lowest BCUT2D eigenvalue weighted by Gasteiger charge is -2.34. The Bertz CT molecular complexity index is 1360. The number of aromatic nitrogens is 1. The number of carbonyl (C=O) groups is 3. The van der Waals surface area contributed by atoms with E-state index >= 15 is 0 Å². The summed E-state index contributed by atoms with van der Waals surface area (Å²) in [5.41, 5.74) is 6.36. The van der Waals surface area contributed by atoms with Gasteiger partial charge in [-0.1, -0.05) is 42.5 Å². The van der Waals surface area contributed by atoms with Gasteiger partial charge in [-0.3, -0.25) is 14.4 Å². The Kier molecular flexibility index (Phi) is 9.73. The summed E-state index contributed by atoms with van der Waals surface area (Å²) < 4.78 is 7.18. The van der Waals surface area contributed by atoms with Crippen LogP contribution >= 0.6 is 0 Å². The van der Waals surface area contributed by atoms with Gasteiger partial charge in [0.2, 0.25) is 11.8 Å². The summed E-state index contributed by atoms with van der Waals surface area (Å²) in [6.45, 7) is 6.56. The van der Waals surface area contributed by atoms with Crippen molar-refractivity contribution in [1.82, 2.24) is 14.8 Å². The van der Waals surface area contributed by atoms with Gasteiger partial charge in [0, 0.05) is 25.5 Å². The highest BCUT2D eigenvalue weighted by Crippen LogP contribution is 2.33. The number of aryl methyl sites for hydroxylation is 1. The van der Waals surface area contributed by atoms with Crippen LogP contribution in [0.4, 0.5) is 5.69 Å². The third kappa shape index (κ3) is 7.20. The molecule has 0 spiro atoms. The summed E-state index contributed by atoms with van der Waals surface area (Å²) in [6, 6.07) is 18.5. The molecule has 1 fully saturated rings. The van der Waals surface area contributed by atoms with Crippen molar-refractivity contribution in [2.45, 2.75) is 70.0 Å². The van der Waals surface area contributed by atoms with Crippen molar-refractivity contribution in [3.63, 3.8) is 0 Å². The molecule has 1 aromatic heterocycles. The number of carbonyl (C=O) groups excluding carboxylic acids is 3. The highest BCUT2D eigenvalue weighted by Gasteiger charge is 2.41. The van der Waals surface area contributed by atoms with Gasteiger partial charge in [0.05, 0.1) is 18.3 Å². The van der Waals surface area contributed by atoms with Crippen LogP contribution in [-0.2, 0) is 26.3 Å². The number of rotatable bonds is 12. The molecule has 0 saturated carbocycles. The number of nitrogens with one attached hydrogen (secondary N) is 2. The average molecular weight is 574 g/mol. The molecule has 224 valence electrons. The number of ether oxygens (including phenoxy) is 1. The third-order valence-electron chi connectivity index (χ3n) is 7.95. The molecule has 1 unspecified atom stereocenters. The molecule has 1 aliphatic rings. The SMILES string of the molecule is COc1ccc(C(C)(C(=O)N2CCCC2)n2ccc(NC(=O)[C@@H](CCCc3ccccc3)NC(=O)C(C)(C)N)c2)cc1. The quantitative estimate of drug-likeness (QED) is 0.302. The van der Waals surface area contributed by atoms with Gasteiger partial charge in [0.1, 0.15) is 17.3 Å². The van der Waals surface area contributed by atoms with E-state index in [9.17, 15) is 14.4 Å². The number of hydrogen-bond acceptors (Lipinski definition) is 5. The first-order chi connectivity index (χ1) is 20.0. The molecule has 0 bridgehead atoms. The Balaban J connectivity index is 1.55. The van der Waals surface area contributed by atoms with Gasteiger partial charge in [-0.05, 0) is 82.2 Å². The van der Waals surface area contributed by atoms with Gasteiger partial charge in [0.15, 0.2) is 0 Å². The summed E-state index contributed by atoms with van der Waals surface area (Å²) >= 11 is 0. The van der Waals surface area contributed by atoms with Crippen molar-refractivity contribution in [3.05, 3.63) is 84.2 Å². The van der Waals surface area contributed by atoms with Crippen LogP contribution in [0.3, 0.4) is 0 Å². The fourth-order valence-electron chi connectivity index (χ4n) is 5.27. The Labute approximate surface area is 248 Å². The molecule has 2 aromatic carbocycles. The zero-order chi connectivity index (χ0) is 30.3. The van der Waals surface area contributed by atoms with Crippen LogP contribution in [0.15, 0.2) is 73.1 Å². The fraction of sp³-hybridized carbons (Fsp3) is 0.424. The molecule has 3 amide bonds. The smallest absolute Gasteiger partial charge is 0.253 e. The number of nitrogens with zero attached hydrogens (tertiary/aromatic N) is 2. The number of likely N-dealkylation sites (tertiary alicyclic amines) is 1. The van der Waals surface area contributed by atoms with Gasteiger partial charge >= 0.3 is 0 Å². The van der Waals surface area contributed by atoms with Crippen molar-refractivity contribution in [1.29, 1.82) is 0 Å². The van der Waals surface area contributed by atoms with Crippen LogP contribution < -0.4 is 21.1 Å². The Hall–Kier alpha value is -4.11. The second-order valence-electron chi connectivity index (χ2n) is 11.7. The first kappa shape index (κ1) is 30.8. The molecule has 4 rings (SSSR count). The highest BCUT2D eigenvalue weighted by molar-refractivity contribution is 5.98. The van der Waals surface area contributed by atoms with Gasteiger partial charge in [-0.25, -0.2) is 0 Å². The molecule has 42 heavy (non-hydrogen) atoms. The summed E-state index contributed by atoms with van der Waals surface area (Å²) in [7, 11) is 1.61. The van der Waals surface area contributed by atoms with Gasteiger partial charge < -0.3 is 30.6 Å². The lowest BCUT2D eigenvalue weighted by atomic mass is 9.90. The second-order valence-corrected chi connectivity index (χ2v) is 11.7. The van der Waals surface area contributed by atoms with E-state index in [4.69, 9.17) is 10.5 Å². The molecule has 1 saturated heterocycles. The largest absolute Gasteiger partial charge is 0.497 e. The first-order valence-electron chi connectivity index (χ1n) is 14.6. The monoisotopic (exact) mass is 573 g/mol. The molecule has 0 aliphatic carbocycles. The van der Waals surface area contributed by atoms with Crippen molar-refractivity contribution < 1.29 is 19.1 Å². The van der Waals surface area contributed by atoms with E-state index in [-0.39, 0.29) is 11.8 Å². The summed E-state index contributed by atoms with van der Waals surface area (Å²) in [4.78, 5) is 42.1. The summed E-state index contributed by atoms with van der Waals surface area (Å²) in [5, 5.41) is 5.79. The predicted molar refractivity (Wildman–Crippen MR) is 164 cm³/mol. The minimum absolute atomic E-state index is 0.00475. The average Bonchev–Trinajstić information content (AvgIpc) is 3.69. The number of hydrogen-bond donors (Lipinski definition) is 3. The van der Waals surface area contributed by atoms with Gasteiger partial charge in [-0.15, -0.1) is 0 Å². The van der Waals surface area contributed by atoms with Crippen molar-refractivity contribution in [3.8, 4) is 5.75 Å². The molecular weight excluding hydrogens is 530 g/mol. The minimum Gasteiger partial charge on any atom is -0.497 e. The molecule has 2 heterocycles. The molecule has 2 atom stereocenters. The second kappa shape index (κ2) is 13.2. The third-order valence-corrected chi connectivity index (χ3v) is 7.95. The highest BCUT2D eigenvalue weighted by atomic mass is 16.5.